The monoisotopic (exact) mass is 392 g/mol. The van der Waals surface area contributed by atoms with Crippen LogP contribution in [0.2, 0.25) is 0 Å². The first-order chi connectivity index (χ1) is 14.0. The van der Waals surface area contributed by atoms with Crippen LogP contribution in [-0.2, 0) is 4.74 Å². The van der Waals surface area contributed by atoms with Gasteiger partial charge >= 0.3 is 5.97 Å². The Morgan fingerprint density at radius 3 is 2.34 bits per heavy atom. The molecule has 3 rings (SSSR count). The van der Waals surface area contributed by atoms with E-state index in [0.29, 0.717) is 28.8 Å². The molecular weight excluding hydrogens is 372 g/mol. The van der Waals surface area contributed by atoms with Crippen molar-refractivity contribution >= 4 is 29.1 Å². The van der Waals surface area contributed by atoms with Gasteiger partial charge in [0.15, 0.2) is 0 Å². The summed E-state index contributed by atoms with van der Waals surface area (Å²) in [5, 5.41) is 5.83. The number of aromatic nitrogens is 2. The van der Waals surface area contributed by atoms with E-state index in [0.717, 1.165) is 0 Å². The Labute approximate surface area is 167 Å². The van der Waals surface area contributed by atoms with Crippen LogP contribution in [0.4, 0.5) is 17.2 Å². The number of carbonyl (C=O) groups is 2. The van der Waals surface area contributed by atoms with Gasteiger partial charge in [0.25, 0.3) is 5.91 Å². The van der Waals surface area contributed by atoms with E-state index in [1.165, 1.54) is 13.2 Å². The van der Waals surface area contributed by atoms with Crippen LogP contribution in [0.1, 0.15) is 26.7 Å². The van der Waals surface area contributed by atoms with Crippen molar-refractivity contribution in [3.63, 3.8) is 0 Å². The number of anilines is 3. The quantitative estimate of drug-likeness (QED) is 0.618. The Balaban J connectivity index is 1.87. The lowest BCUT2D eigenvalue weighted by Gasteiger charge is -2.12. The average Bonchev–Trinajstić information content (AvgIpc) is 2.73. The molecule has 0 atom stereocenters. The van der Waals surface area contributed by atoms with Crippen LogP contribution in [-0.4, -0.2) is 36.1 Å². The molecule has 0 aliphatic carbocycles. The van der Waals surface area contributed by atoms with Gasteiger partial charge in [0.2, 0.25) is 0 Å². The maximum absolute atomic E-state index is 12.8. The van der Waals surface area contributed by atoms with E-state index in [1.807, 2.05) is 24.3 Å². The zero-order valence-corrected chi connectivity index (χ0v) is 16.2. The van der Waals surface area contributed by atoms with Crippen molar-refractivity contribution in [3.05, 3.63) is 71.7 Å². The molecule has 29 heavy (non-hydrogen) atoms. The van der Waals surface area contributed by atoms with E-state index in [2.05, 4.69) is 20.6 Å². The summed E-state index contributed by atoms with van der Waals surface area (Å²) in [7, 11) is 2.86. The summed E-state index contributed by atoms with van der Waals surface area (Å²) in [5.41, 5.74) is 1.44. The number of aryl methyl sites for hydroxylation is 1. The number of hydrogen-bond acceptors (Lipinski definition) is 7. The lowest BCUT2D eigenvalue weighted by molar-refractivity contribution is 0.0602. The second kappa shape index (κ2) is 8.83. The molecule has 0 unspecified atom stereocenters. The number of nitrogens with zero attached hydrogens (tertiary/aromatic N) is 2. The van der Waals surface area contributed by atoms with E-state index in [-0.39, 0.29) is 11.3 Å². The number of para-hydroxylation sites is 3. The van der Waals surface area contributed by atoms with Crippen LogP contribution >= 0.6 is 0 Å². The summed E-state index contributed by atoms with van der Waals surface area (Å²) >= 11 is 0. The highest BCUT2D eigenvalue weighted by Gasteiger charge is 2.16. The normalized spacial score (nSPS) is 10.2. The van der Waals surface area contributed by atoms with Gasteiger partial charge in [0.1, 0.15) is 23.1 Å². The minimum absolute atomic E-state index is 0.148. The molecule has 0 spiro atoms. The number of carbonyl (C=O) groups excluding carboxylic acids is 2. The molecule has 8 heteroatoms. The highest BCUT2D eigenvalue weighted by atomic mass is 16.5. The fraction of sp³-hybridized carbons (Fsp3) is 0.143. The molecule has 1 amide bonds. The van der Waals surface area contributed by atoms with E-state index in [9.17, 15) is 9.59 Å². The molecule has 0 radical (unpaired) electrons. The van der Waals surface area contributed by atoms with Crippen LogP contribution in [0.25, 0.3) is 0 Å². The zero-order chi connectivity index (χ0) is 20.8. The molecular formula is C21H20N4O4. The fourth-order valence-electron chi connectivity index (χ4n) is 2.70. The van der Waals surface area contributed by atoms with E-state index in [1.54, 1.807) is 38.3 Å². The SMILES string of the molecule is COC(=O)c1ccccc1NC(=O)c1cc(Nc2ccccc2OC)nc(C)n1. The number of methoxy groups -OCH3 is 2. The number of benzene rings is 2. The first-order valence-corrected chi connectivity index (χ1v) is 8.76. The third-order valence-electron chi connectivity index (χ3n) is 4.02. The molecule has 0 fully saturated rings. The van der Waals surface area contributed by atoms with Crippen molar-refractivity contribution < 1.29 is 19.1 Å². The van der Waals surface area contributed by atoms with Gasteiger partial charge in [-0.2, -0.15) is 0 Å². The van der Waals surface area contributed by atoms with E-state index in [4.69, 9.17) is 9.47 Å². The van der Waals surface area contributed by atoms with Gasteiger partial charge < -0.3 is 20.1 Å². The molecule has 3 aromatic rings. The van der Waals surface area contributed by atoms with E-state index < -0.39 is 11.9 Å². The van der Waals surface area contributed by atoms with Crippen molar-refractivity contribution in [2.45, 2.75) is 6.92 Å². The van der Waals surface area contributed by atoms with Crippen LogP contribution in [0.3, 0.4) is 0 Å². The molecule has 1 aromatic heterocycles. The molecule has 0 aliphatic heterocycles. The number of hydrogen-bond donors (Lipinski definition) is 2. The van der Waals surface area contributed by atoms with Crippen molar-refractivity contribution in [3.8, 4) is 5.75 Å². The maximum atomic E-state index is 12.8. The predicted molar refractivity (Wildman–Crippen MR) is 109 cm³/mol. The summed E-state index contributed by atoms with van der Waals surface area (Å²) in [4.78, 5) is 33.2. The smallest absolute Gasteiger partial charge is 0.339 e. The highest BCUT2D eigenvalue weighted by molar-refractivity contribution is 6.07. The predicted octanol–water partition coefficient (Wildman–Crippen LogP) is 3.58. The Hall–Kier alpha value is -3.94. The molecule has 0 bridgehead atoms. The van der Waals surface area contributed by atoms with Crippen LogP contribution in [0.5, 0.6) is 5.75 Å². The molecule has 1 heterocycles. The molecule has 148 valence electrons. The lowest BCUT2D eigenvalue weighted by Crippen LogP contribution is -2.17. The minimum atomic E-state index is -0.543. The largest absolute Gasteiger partial charge is 0.495 e. The van der Waals surface area contributed by atoms with Crippen LogP contribution in [0.15, 0.2) is 54.6 Å². The summed E-state index contributed by atoms with van der Waals surface area (Å²) in [5.74, 6) is 0.472. The summed E-state index contributed by atoms with van der Waals surface area (Å²) in [6.45, 7) is 1.69. The van der Waals surface area contributed by atoms with Gasteiger partial charge in [-0.15, -0.1) is 0 Å². The molecule has 8 nitrogen and oxygen atoms in total. The first-order valence-electron chi connectivity index (χ1n) is 8.76. The maximum Gasteiger partial charge on any atom is 0.339 e. The van der Waals surface area contributed by atoms with Crippen LogP contribution < -0.4 is 15.4 Å². The van der Waals surface area contributed by atoms with Crippen molar-refractivity contribution in [1.82, 2.24) is 9.97 Å². The second-order valence-electron chi connectivity index (χ2n) is 6.00. The average molecular weight is 392 g/mol. The van der Waals surface area contributed by atoms with Gasteiger partial charge in [-0.1, -0.05) is 24.3 Å². The minimum Gasteiger partial charge on any atom is -0.495 e. The molecule has 0 saturated carbocycles. The highest BCUT2D eigenvalue weighted by Crippen LogP contribution is 2.26. The third-order valence-corrected chi connectivity index (χ3v) is 4.02. The third kappa shape index (κ3) is 4.67. The van der Waals surface area contributed by atoms with Gasteiger partial charge in [0, 0.05) is 6.07 Å². The first kappa shape index (κ1) is 19.8. The molecule has 0 aliphatic rings. The Kier molecular flexibility index (Phi) is 6.03. The van der Waals surface area contributed by atoms with Gasteiger partial charge in [0.05, 0.1) is 31.2 Å². The van der Waals surface area contributed by atoms with Gasteiger partial charge in [-0.3, -0.25) is 4.79 Å². The molecule has 2 aromatic carbocycles. The van der Waals surface area contributed by atoms with E-state index >= 15 is 0 Å². The van der Waals surface area contributed by atoms with Crippen molar-refractivity contribution in [2.24, 2.45) is 0 Å². The van der Waals surface area contributed by atoms with Crippen molar-refractivity contribution in [2.75, 3.05) is 24.9 Å². The fourth-order valence-corrected chi connectivity index (χ4v) is 2.70. The van der Waals surface area contributed by atoms with Gasteiger partial charge in [-0.05, 0) is 31.2 Å². The molecule has 0 saturated heterocycles. The number of rotatable bonds is 6. The summed E-state index contributed by atoms with van der Waals surface area (Å²) in [6, 6.07) is 15.5. The van der Waals surface area contributed by atoms with Crippen LogP contribution in [0, 0.1) is 6.92 Å². The standard InChI is InChI=1S/C21H20N4O4/c1-13-22-17(12-19(23-13)24-16-10-6-7-11-18(16)28-2)20(26)25-15-9-5-4-8-14(15)21(27)29-3/h4-12H,1-3H3,(H,25,26)(H,22,23,24). The summed E-state index contributed by atoms with van der Waals surface area (Å²) < 4.78 is 10.1. The summed E-state index contributed by atoms with van der Waals surface area (Å²) in [6.07, 6.45) is 0. The number of nitrogens with one attached hydrogen (secondary N) is 2. The number of ether oxygens (including phenoxy) is 2. The topological polar surface area (TPSA) is 102 Å². The molecule has 2 N–H and O–H groups in total. The number of esters is 1. The van der Waals surface area contributed by atoms with Gasteiger partial charge in [-0.25, -0.2) is 14.8 Å². The van der Waals surface area contributed by atoms with Crippen molar-refractivity contribution in [1.29, 1.82) is 0 Å². The second-order valence-corrected chi connectivity index (χ2v) is 6.00. The lowest BCUT2D eigenvalue weighted by atomic mass is 10.1. The Bertz CT molecular complexity index is 1050. The zero-order valence-electron chi connectivity index (χ0n) is 16.2. The number of amides is 1. The Morgan fingerprint density at radius 1 is 0.931 bits per heavy atom. The Morgan fingerprint density at radius 2 is 1.62 bits per heavy atom.